The standard InChI is InChI=1S/C17H17N3O3S/c21-15(12-6-2-1-3-7-12)18-19-16(22)13-8-4-10-20(13)17(23)14-9-5-11-24-14/h1-3,5-7,9,11,13H,4,8,10H2,(H,18,21)(H,19,22). The van der Waals surface area contributed by atoms with Gasteiger partial charge in [-0.2, -0.15) is 0 Å². The zero-order valence-corrected chi connectivity index (χ0v) is 13.7. The zero-order chi connectivity index (χ0) is 16.9. The van der Waals surface area contributed by atoms with E-state index in [0.29, 0.717) is 23.4 Å². The molecule has 3 amide bonds. The molecule has 1 atom stereocenters. The number of likely N-dealkylation sites (tertiary alicyclic amines) is 1. The first-order valence-corrected chi connectivity index (χ1v) is 8.54. The second-order valence-corrected chi connectivity index (χ2v) is 6.39. The molecule has 0 bridgehead atoms. The maximum atomic E-state index is 12.5. The predicted octanol–water partition coefficient (Wildman–Crippen LogP) is 1.81. The van der Waals surface area contributed by atoms with Gasteiger partial charge in [0.05, 0.1) is 4.88 Å². The molecule has 2 N–H and O–H groups in total. The van der Waals surface area contributed by atoms with Crippen molar-refractivity contribution in [3.05, 3.63) is 58.3 Å². The average molecular weight is 343 g/mol. The van der Waals surface area contributed by atoms with Crippen LogP contribution in [0.2, 0.25) is 0 Å². The molecule has 2 aromatic rings. The van der Waals surface area contributed by atoms with E-state index in [4.69, 9.17) is 0 Å². The molecule has 1 fully saturated rings. The van der Waals surface area contributed by atoms with E-state index in [-0.39, 0.29) is 11.8 Å². The molecule has 1 unspecified atom stereocenters. The number of carbonyl (C=O) groups is 3. The van der Waals surface area contributed by atoms with Crippen molar-refractivity contribution in [2.75, 3.05) is 6.54 Å². The van der Waals surface area contributed by atoms with E-state index in [2.05, 4.69) is 10.9 Å². The number of carbonyl (C=O) groups excluding carboxylic acids is 3. The number of hydrogen-bond acceptors (Lipinski definition) is 4. The highest BCUT2D eigenvalue weighted by Gasteiger charge is 2.35. The average Bonchev–Trinajstić information content (AvgIpc) is 3.31. The quantitative estimate of drug-likeness (QED) is 0.835. The lowest BCUT2D eigenvalue weighted by molar-refractivity contribution is -0.125. The Hall–Kier alpha value is -2.67. The fourth-order valence-electron chi connectivity index (χ4n) is 2.69. The molecule has 0 aliphatic carbocycles. The summed E-state index contributed by atoms with van der Waals surface area (Å²) in [7, 11) is 0. The highest BCUT2D eigenvalue weighted by molar-refractivity contribution is 7.12. The lowest BCUT2D eigenvalue weighted by atomic mass is 10.2. The van der Waals surface area contributed by atoms with Gasteiger partial charge in [-0.25, -0.2) is 0 Å². The van der Waals surface area contributed by atoms with Gasteiger partial charge in [0.2, 0.25) is 0 Å². The molecule has 24 heavy (non-hydrogen) atoms. The van der Waals surface area contributed by atoms with Crippen LogP contribution in [-0.2, 0) is 4.79 Å². The topological polar surface area (TPSA) is 78.5 Å². The van der Waals surface area contributed by atoms with Gasteiger partial charge in [-0.15, -0.1) is 11.3 Å². The molecule has 124 valence electrons. The SMILES string of the molecule is O=C(NNC(=O)C1CCCN1C(=O)c1cccs1)c1ccccc1. The van der Waals surface area contributed by atoms with E-state index in [9.17, 15) is 14.4 Å². The smallest absolute Gasteiger partial charge is 0.269 e. The van der Waals surface area contributed by atoms with Crippen molar-refractivity contribution >= 4 is 29.1 Å². The summed E-state index contributed by atoms with van der Waals surface area (Å²) in [5.74, 6) is -0.906. The van der Waals surface area contributed by atoms with Gasteiger partial charge < -0.3 is 4.90 Å². The summed E-state index contributed by atoms with van der Waals surface area (Å²) in [5.41, 5.74) is 5.27. The Morgan fingerprint density at radius 2 is 1.83 bits per heavy atom. The summed E-state index contributed by atoms with van der Waals surface area (Å²) in [6, 6.07) is 11.6. The minimum atomic E-state index is -0.560. The van der Waals surface area contributed by atoms with E-state index < -0.39 is 11.9 Å². The van der Waals surface area contributed by atoms with Crippen LogP contribution in [0.25, 0.3) is 0 Å². The minimum absolute atomic E-state index is 0.142. The van der Waals surface area contributed by atoms with Crippen molar-refractivity contribution in [1.82, 2.24) is 15.8 Å². The van der Waals surface area contributed by atoms with Crippen LogP contribution in [0.15, 0.2) is 47.8 Å². The first kappa shape index (κ1) is 16.2. The van der Waals surface area contributed by atoms with Crippen LogP contribution in [0.4, 0.5) is 0 Å². The highest BCUT2D eigenvalue weighted by atomic mass is 32.1. The molecule has 1 aliphatic heterocycles. The molecule has 1 aromatic heterocycles. The van der Waals surface area contributed by atoms with Gasteiger partial charge in [-0.05, 0) is 36.4 Å². The summed E-state index contributed by atoms with van der Waals surface area (Å²) >= 11 is 1.35. The van der Waals surface area contributed by atoms with Crippen molar-refractivity contribution in [3.8, 4) is 0 Å². The van der Waals surface area contributed by atoms with Crippen LogP contribution in [0.3, 0.4) is 0 Å². The summed E-state index contributed by atoms with van der Waals surface area (Å²) < 4.78 is 0. The van der Waals surface area contributed by atoms with Crippen molar-refractivity contribution in [2.24, 2.45) is 0 Å². The first-order chi connectivity index (χ1) is 11.7. The third-order valence-electron chi connectivity index (χ3n) is 3.88. The number of thiophene rings is 1. The van der Waals surface area contributed by atoms with Gasteiger partial charge in [-0.3, -0.25) is 25.2 Å². The number of hydrazine groups is 1. The highest BCUT2D eigenvalue weighted by Crippen LogP contribution is 2.22. The number of nitrogens with one attached hydrogen (secondary N) is 2. The molecule has 1 saturated heterocycles. The predicted molar refractivity (Wildman–Crippen MR) is 90.4 cm³/mol. The normalized spacial score (nSPS) is 16.7. The number of amides is 3. The van der Waals surface area contributed by atoms with E-state index in [1.54, 1.807) is 35.2 Å². The van der Waals surface area contributed by atoms with Crippen molar-refractivity contribution in [2.45, 2.75) is 18.9 Å². The van der Waals surface area contributed by atoms with Gasteiger partial charge in [0.1, 0.15) is 6.04 Å². The molecule has 7 heteroatoms. The molecular weight excluding hydrogens is 326 g/mol. The van der Waals surface area contributed by atoms with Gasteiger partial charge in [0.15, 0.2) is 0 Å². The van der Waals surface area contributed by atoms with E-state index in [1.165, 1.54) is 11.3 Å². The number of nitrogens with zero attached hydrogens (tertiary/aromatic N) is 1. The van der Waals surface area contributed by atoms with Crippen LogP contribution in [0, 0.1) is 0 Å². The fourth-order valence-corrected chi connectivity index (χ4v) is 3.37. The third-order valence-corrected chi connectivity index (χ3v) is 4.74. The Morgan fingerprint density at radius 3 is 2.54 bits per heavy atom. The minimum Gasteiger partial charge on any atom is -0.326 e. The van der Waals surface area contributed by atoms with E-state index in [1.807, 2.05) is 17.5 Å². The molecule has 0 saturated carbocycles. The van der Waals surface area contributed by atoms with Crippen LogP contribution in [-0.4, -0.2) is 35.2 Å². The Kier molecular flexibility index (Phi) is 4.90. The lowest BCUT2D eigenvalue weighted by Crippen LogP contribution is -2.51. The van der Waals surface area contributed by atoms with Crippen LogP contribution >= 0.6 is 11.3 Å². The largest absolute Gasteiger partial charge is 0.326 e. The monoisotopic (exact) mass is 343 g/mol. The summed E-state index contributed by atoms with van der Waals surface area (Å²) in [6.45, 7) is 0.543. The number of benzene rings is 1. The molecular formula is C17H17N3O3S. The van der Waals surface area contributed by atoms with Gasteiger partial charge in [0, 0.05) is 12.1 Å². The maximum Gasteiger partial charge on any atom is 0.269 e. The van der Waals surface area contributed by atoms with E-state index in [0.717, 1.165) is 6.42 Å². The van der Waals surface area contributed by atoms with Crippen molar-refractivity contribution in [3.63, 3.8) is 0 Å². The fraction of sp³-hybridized carbons (Fsp3) is 0.235. The Morgan fingerprint density at radius 1 is 1.04 bits per heavy atom. The maximum absolute atomic E-state index is 12.5. The van der Waals surface area contributed by atoms with Gasteiger partial charge >= 0.3 is 0 Å². The molecule has 0 radical (unpaired) electrons. The van der Waals surface area contributed by atoms with Crippen molar-refractivity contribution in [1.29, 1.82) is 0 Å². The zero-order valence-electron chi connectivity index (χ0n) is 12.9. The second-order valence-electron chi connectivity index (χ2n) is 5.44. The van der Waals surface area contributed by atoms with Gasteiger partial charge in [-0.1, -0.05) is 24.3 Å². The van der Waals surface area contributed by atoms with E-state index >= 15 is 0 Å². The number of hydrogen-bond donors (Lipinski definition) is 2. The first-order valence-electron chi connectivity index (χ1n) is 7.66. The van der Waals surface area contributed by atoms with Crippen LogP contribution < -0.4 is 10.9 Å². The Balaban J connectivity index is 1.60. The summed E-state index contributed by atoms with van der Waals surface area (Å²) in [6.07, 6.45) is 1.35. The van der Waals surface area contributed by atoms with Crippen LogP contribution in [0.5, 0.6) is 0 Å². The molecule has 0 spiro atoms. The third kappa shape index (κ3) is 3.46. The Labute approximate surface area is 143 Å². The molecule has 6 nitrogen and oxygen atoms in total. The lowest BCUT2D eigenvalue weighted by Gasteiger charge is -2.23. The Bertz CT molecular complexity index is 731. The number of rotatable bonds is 3. The van der Waals surface area contributed by atoms with Crippen LogP contribution in [0.1, 0.15) is 32.9 Å². The van der Waals surface area contributed by atoms with Gasteiger partial charge in [0.25, 0.3) is 17.7 Å². The van der Waals surface area contributed by atoms with Crippen molar-refractivity contribution < 1.29 is 14.4 Å². The summed E-state index contributed by atoms with van der Waals surface area (Å²) in [5, 5.41) is 1.83. The molecule has 1 aromatic carbocycles. The molecule has 3 rings (SSSR count). The molecule has 1 aliphatic rings. The second kappa shape index (κ2) is 7.27. The molecule has 2 heterocycles. The summed E-state index contributed by atoms with van der Waals surface area (Å²) in [4.78, 5) is 38.9.